The molecule has 0 saturated carbocycles. The number of benzene rings is 2. The molecule has 8 nitrogen and oxygen atoms in total. The topological polar surface area (TPSA) is 103 Å². The van der Waals surface area contributed by atoms with Gasteiger partial charge in [-0.25, -0.2) is 9.59 Å². The van der Waals surface area contributed by atoms with Crippen molar-refractivity contribution in [2.24, 2.45) is 0 Å². The molecule has 1 heterocycles. The predicted molar refractivity (Wildman–Crippen MR) is 138 cm³/mol. The number of fused-ring (bicyclic) bond motifs is 1. The molecule has 2 aromatic carbocycles. The minimum Gasteiger partial charge on any atom is -0.496 e. The van der Waals surface area contributed by atoms with Crippen molar-refractivity contribution in [1.29, 1.82) is 0 Å². The standard InChI is InChI=1S/C28H34N2O6/c1-17(13-15-22(31)36-28(3,4)5)12-14-20-24(30-27(33)29-19-10-8-7-9-11-19)23-21(16-35-26(23)32)18(2)25(20)34-6/h7-12H,13-16H2,1-6H3,(H2,29,30,33)/b17-12+. The first-order chi connectivity index (χ1) is 17.0. The summed E-state index contributed by atoms with van der Waals surface area (Å²) in [5, 5.41) is 5.64. The highest BCUT2D eigenvalue weighted by Gasteiger charge is 2.32. The van der Waals surface area contributed by atoms with Gasteiger partial charge in [0.15, 0.2) is 0 Å². The van der Waals surface area contributed by atoms with Gasteiger partial charge in [-0.05, 0) is 65.2 Å². The SMILES string of the molecule is COc1c(C)c2c(c(NC(=O)Nc3ccccc3)c1C/C=C(\C)CCC(=O)OC(C)(C)C)C(=O)OC2. The van der Waals surface area contributed by atoms with E-state index in [0.29, 0.717) is 46.7 Å². The largest absolute Gasteiger partial charge is 0.496 e. The van der Waals surface area contributed by atoms with Crippen LogP contribution < -0.4 is 15.4 Å². The first-order valence-corrected chi connectivity index (χ1v) is 11.9. The van der Waals surface area contributed by atoms with Crippen LogP contribution in [0.25, 0.3) is 0 Å². The molecule has 2 N–H and O–H groups in total. The van der Waals surface area contributed by atoms with Gasteiger partial charge in [-0.1, -0.05) is 29.8 Å². The van der Waals surface area contributed by atoms with Crippen molar-refractivity contribution < 1.29 is 28.6 Å². The molecule has 0 aromatic heterocycles. The van der Waals surface area contributed by atoms with Gasteiger partial charge in [0, 0.05) is 23.2 Å². The van der Waals surface area contributed by atoms with Crippen molar-refractivity contribution in [3.63, 3.8) is 0 Å². The summed E-state index contributed by atoms with van der Waals surface area (Å²) in [7, 11) is 1.56. The van der Waals surface area contributed by atoms with E-state index in [2.05, 4.69) is 10.6 Å². The number of allylic oxidation sites excluding steroid dienone is 2. The summed E-state index contributed by atoms with van der Waals surface area (Å²) in [5.74, 6) is -0.167. The summed E-state index contributed by atoms with van der Waals surface area (Å²) in [6.07, 6.45) is 3.14. The van der Waals surface area contributed by atoms with E-state index in [-0.39, 0.29) is 19.0 Å². The molecule has 0 atom stereocenters. The number of ether oxygens (including phenoxy) is 3. The van der Waals surface area contributed by atoms with E-state index in [0.717, 1.165) is 11.1 Å². The molecule has 36 heavy (non-hydrogen) atoms. The minimum absolute atomic E-state index is 0.121. The summed E-state index contributed by atoms with van der Waals surface area (Å²) in [5.41, 5.74) is 3.91. The Hall–Kier alpha value is -3.81. The van der Waals surface area contributed by atoms with E-state index in [9.17, 15) is 14.4 Å². The van der Waals surface area contributed by atoms with E-state index in [1.807, 2.05) is 58.9 Å². The molecular weight excluding hydrogens is 460 g/mol. The van der Waals surface area contributed by atoms with Crippen molar-refractivity contribution in [3.8, 4) is 5.75 Å². The van der Waals surface area contributed by atoms with Crippen molar-refractivity contribution in [2.45, 2.75) is 66.1 Å². The summed E-state index contributed by atoms with van der Waals surface area (Å²) >= 11 is 0. The van der Waals surface area contributed by atoms with E-state index >= 15 is 0 Å². The number of urea groups is 1. The summed E-state index contributed by atoms with van der Waals surface area (Å²) in [6, 6.07) is 8.54. The van der Waals surface area contributed by atoms with Crippen molar-refractivity contribution in [1.82, 2.24) is 0 Å². The van der Waals surface area contributed by atoms with Crippen molar-refractivity contribution in [2.75, 3.05) is 17.7 Å². The lowest BCUT2D eigenvalue weighted by Crippen LogP contribution is -2.23. The van der Waals surface area contributed by atoms with Crippen molar-refractivity contribution in [3.05, 3.63) is 64.2 Å². The zero-order valence-electron chi connectivity index (χ0n) is 21.7. The number of anilines is 2. The van der Waals surface area contributed by atoms with Crippen LogP contribution in [0.3, 0.4) is 0 Å². The lowest BCUT2D eigenvalue weighted by atomic mass is 9.93. The van der Waals surface area contributed by atoms with Gasteiger partial charge in [0.25, 0.3) is 0 Å². The van der Waals surface area contributed by atoms with Crippen LogP contribution in [-0.4, -0.2) is 30.7 Å². The Labute approximate surface area is 212 Å². The van der Waals surface area contributed by atoms with Gasteiger partial charge in [0.2, 0.25) is 0 Å². The van der Waals surface area contributed by atoms with Crippen molar-refractivity contribution >= 4 is 29.3 Å². The van der Waals surface area contributed by atoms with E-state index in [1.165, 1.54) is 0 Å². The molecule has 0 spiro atoms. The maximum absolute atomic E-state index is 12.9. The number of nitrogens with one attached hydrogen (secondary N) is 2. The van der Waals surface area contributed by atoms with Crippen LogP contribution in [0.15, 0.2) is 42.0 Å². The number of esters is 2. The van der Waals surface area contributed by atoms with Gasteiger partial charge in [0.05, 0.1) is 18.4 Å². The second-order valence-corrected chi connectivity index (χ2v) is 9.73. The maximum atomic E-state index is 12.9. The third kappa shape index (κ3) is 6.65. The van der Waals surface area contributed by atoms with Gasteiger partial charge in [0.1, 0.15) is 18.0 Å². The Morgan fingerprint density at radius 3 is 2.44 bits per heavy atom. The average Bonchev–Trinajstić information content (AvgIpc) is 3.19. The van der Waals surface area contributed by atoms with Gasteiger partial charge >= 0.3 is 18.0 Å². The third-order valence-corrected chi connectivity index (χ3v) is 5.75. The number of methoxy groups -OCH3 is 1. The highest BCUT2D eigenvalue weighted by molar-refractivity contribution is 6.08. The fourth-order valence-corrected chi connectivity index (χ4v) is 4.06. The van der Waals surface area contributed by atoms with E-state index in [4.69, 9.17) is 14.2 Å². The average molecular weight is 495 g/mol. The molecule has 8 heteroatoms. The minimum atomic E-state index is -0.528. The van der Waals surface area contributed by atoms with E-state index in [1.54, 1.807) is 19.2 Å². The fourth-order valence-electron chi connectivity index (χ4n) is 4.06. The maximum Gasteiger partial charge on any atom is 0.341 e. The number of cyclic esters (lactones) is 1. The molecule has 2 amide bonds. The van der Waals surface area contributed by atoms with Crippen LogP contribution >= 0.6 is 0 Å². The molecule has 192 valence electrons. The van der Waals surface area contributed by atoms with Gasteiger partial charge in [-0.3, -0.25) is 4.79 Å². The normalized spacial score (nSPS) is 13.1. The quantitative estimate of drug-likeness (QED) is 0.348. The predicted octanol–water partition coefficient (Wildman–Crippen LogP) is 5.93. The molecular formula is C28H34N2O6. The Balaban J connectivity index is 1.89. The zero-order valence-corrected chi connectivity index (χ0v) is 21.7. The summed E-state index contributed by atoms with van der Waals surface area (Å²) in [4.78, 5) is 37.6. The van der Waals surface area contributed by atoms with Gasteiger partial charge in [-0.2, -0.15) is 0 Å². The van der Waals surface area contributed by atoms with Crippen LogP contribution in [0.1, 0.15) is 67.6 Å². The number of carbonyl (C=O) groups is 3. The first kappa shape index (κ1) is 26.8. The highest BCUT2D eigenvalue weighted by atomic mass is 16.6. The lowest BCUT2D eigenvalue weighted by molar-refractivity contribution is -0.154. The molecule has 0 aliphatic carbocycles. The number of rotatable bonds is 8. The number of para-hydroxylation sites is 1. The molecule has 0 fully saturated rings. The van der Waals surface area contributed by atoms with Crippen LogP contribution in [0, 0.1) is 6.92 Å². The van der Waals surface area contributed by atoms with Crippen LogP contribution in [0.2, 0.25) is 0 Å². The molecule has 0 radical (unpaired) electrons. The van der Waals surface area contributed by atoms with Gasteiger partial charge < -0.3 is 24.8 Å². The summed E-state index contributed by atoms with van der Waals surface area (Å²) < 4.78 is 16.4. The first-order valence-electron chi connectivity index (χ1n) is 11.9. The van der Waals surface area contributed by atoms with E-state index < -0.39 is 17.6 Å². The summed E-state index contributed by atoms with van der Waals surface area (Å²) in [6.45, 7) is 9.43. The third-order valence-electron chi connectivity index (χ3n) is 5.75. The highest BCUT2D eigenvalue weighted by Crippen LogP contribution is 2.41. The Kier molecular flexibility index (Phi) is 8.40. The molecule has 1 aliphatic rings. The zero-order chi connectivity index (χ0) is 26.5. The number of carbonyl (C=O) groups excluding carboxylic acids is 3. The molecule has 0 bridgehead atoms. The Morgan fingerprint density at radius 1 is 1.11 bits per heavy atom. The molecule has 2 aromatic rings. The molecule has 0 unspecified atom stereocenters. The van der Waals surface area contributed by atoms with Crippen LogP contribution in [0.4, 0.5) is 16.2 Å². The lowest BCUT2D eigenvalue weighted by Gasteiger charge is -2.20. The second-order valence-electron chi connectivity index (χ2n) is 9.73. The Morgan fingerprint density at radius 2 is 1.81 bits per heavy atom. The second kappa shape index (κ2) is 11.3. The molecule has 1 aliphatic heterocycles. The fraction of sp³-hybridized carbons (Fsp3) is 0.393. The number of hydrogen-bond donors (Lipinski definition) is 2. The molecule has 3 rings (SSSR count). The monoisotopic (exact) mass is 494 g/mol. The number of hydrogen-bond acceptors (Lipinski definition) is 6. The smallest absolute Gasteiger partial charge is 0.341 e. The van der Waals surface area contributed by atoms with Gasteiger partial charge in [-0.15, -0.1) is 0 Å². The van der Waals surface area contributed by atoms with Crippen LogP contribution in [0.5, 0.6) is 5.75 Å². The number of amides is 2. The molecule has 0 saturated heterocycles. The Bertz CT molecular complexity index is 1180. The van der Waals surface area contributed by atoms with Crippen LogP contribution in [-0.2, 0) is 27.3 Å².